The Hall–Kier alpha value is -3.07. The van der Waals surface area contributed by atoms with E-state index < -0.39 is 47.9 Å². The lowest BCUT2D eigenvalue weighted by Crippen LogP contribution is -2.37. The molecule has 1 aliphatic heterocycles. The molecule has 1 aliphatic rings. The van der Waals surface area contributed by atoms with Gasteiger partial charge >= 0.3 is 11.4 Å². The molecule has 13 nitrogen and oxygen atoms in total. The van der Waals surface area contributed by atoms with Gasteiger partial charge in [0, 0.05) is 37.5 Å². The summed E-state index contributed by atoms with van der Waals surface area (Å²) in [5.74, 6) is -0.416. The molecule has 1 amide bonds. The van der Waals surface area contributed by atoms with Gasteiger partial charge in [-0.05, 0) is 6.92 Å². The summed E-state index contributed by atoms with van der Waals surface area (Å²) in [5.41, 5.74) is -1.15. The summed E-state index contributed by atoms with van der Waals surface area (Å²) in [7, 11) is 0. The summed E-state index contributed by atoms with van der Waals surface area (Å²) < 4.78 is 8.07. The van der Waals surface area contributed by atoms with Gasteiger partial charge in [0.05, 0.1) is 12.7 Å². The number of aromatic amines is 2. The van der Waals surface area contributed by atoms with Crippen LogP contribution in [0.4, 0.5) is 5.69 Å². The molecule has 14 heteroatoms. The fourth-order valence-corrected chi connectivity index (χ4v) is 3.36. The van der Waals surface area contributed by atoms with Gasteiger partial charge in [0.1, 0.15) is 29.2 Å². The van der Waals surface area contributed by atoms with Gasteiger partial charge in [0.2, 0.25) is 5.91 Å². The highest BCUT2D eigenvalue weighted by molar-refractivity contribution is 7.71. The molecule has 3 atom stereocenters. The maximum absolute atomic E-state index is 12.1. The van der Waals surface area contributed by atoms with Crippen LogP contribution in [-0.2, 0) is 16.1 Å². The molecular formula is C18H24N6O7S. The number of aryl methyl sites for hydroxylation is 1. The molecule has 2 aromatic rings. The number of aliphatic hydroxyl groups is 2. The number of aliphatic hydroxyl groups excluding tert-OH is 2. The second-order valence-electron chi connectivity index (χ2n) is 7.30. The number of nitrogens with one attached hydrogen (secondary N) is 4. The van der Waals surface area contributed by atoms with Crippen molar-refractivity contribution in [2.75, 3.05) is 25.0 Å². The number of amides is 1. The molecule has 2 aromatic heterocycles. The summed E-state index contributed by atoms with van der Waals surface area (Å²) in [5, 5.41) is 24.5. The molecule has 0 unspecified atom stereocenters. The van der Waals surface area contributed by atoms with E-state index in [9.17, 15) is 29.4 Å². The maximum Gasteiger partial charge on any atom is 0.330 e. The van der Waals surface area contributed by atoms with Gasteiger partial charge in [-0.1, -0.05) is 12.2 Å². The lowest BCUT2D eigenvalue weighted by molar-refractivity contribution is -0.121. The van der Waals surface area contributed by atoms with E-state index in [0.717, 1.165) is 4.57 Å². The minimum absolute atomic E-state index is 0.0619. The zero-order valence-electron chi connectivity index (χ0n) is 17.2. The van der Waals surface area contributed by atoms with Gasteiger partial charge in [-0.2, -0.15) is 0 Å². The number of hydrogen-bond donors (Lipinski definition) is 6. The SMILES string of the molecule is Cc1cn(CC(=O)NCCNc2cn([C@H]3C[C@H](O)[C@@H](CO)O3)c(=O)[nH]c2=O)c(=O)[nH]c1=S. The van der Waals surface area contributed by atoms with Crippen LogP contribution in [0.3, 0.4) is 0 Å². The van der Waals surface area contributed by atoms with E-state index in [4.69, 9.17) is 17.0 Å². The van der Waals surface area contributed by atoms with Crippen molar-refractivity contribution >= 4 is 23.8 Å². The summed E-state index contributed by atoms with van der Waals surface area (Å²) in [4.78, 5) is 52.7. The average Bonchev–Trinajstić information content (AvgIpc) is 3.11. The van der Waals surface area contributed by atoms with Crippen LogP contribution in [-0.4, -0.2) is 67.1 Å². The average molecular weight is 468 g/mol. The third-order valence-electron chi connectivity index (χ3n) is 4.93. The maximum atomic E-state index is 12.1. The molecule has 32 heavy (non-hydrogen) atoms. The topological polar surface area (TPSA) is 183 Å². The lowest BCUT2D eigenvalue weighted by Gasteiger charge is -2.16. The summed E-state index contributed by atoms with van der Waals surface area (Å²) in [6.45, 7) is 1.41. The highest BCUT2D eigenvalue weighted by atomic mass is 32.1. The standard InChI is InChI=1S/C18H24N6O7S/c1-9-5-23(17(29)22-16(9)32)7-13(27)20-3-2-19-10-6-24(18(30)21-15(10)28)14-4-11(26)12(8-25)31-14/h5-6,11-12,14,19,25-26H,2-4,7-8H2,1H3,(H,20,27)(H,21,28,30)(H,22,29,32)/t11-,12+,14+/m0/s1. The van der Waals surface area contributed by atoms with Crippen molar-refractivity contribution in [3.05, 3.63) is 53.9 Å². The number of anilines is 1. The van der Waals surface area contributed by atoms with Crippen molar-refractivity contribution in [1.82, 2.24) is 24.4 Å². The van der Waals surface area contributed by atoms with Gasteiger partial charge in [-0.15, -0.1) is 0 Å². The number of ether oxygens (including phenoxy) is 1. The van der Waals surface area contributed by atoms with Crippen molar-refractivity contribution in [3.8, 4) is 0 Å². The van der Waals surface area contributed by atoms with Crippen LogP contribution >= 0.6 is 12.2 Å². The van der Waals surface area contributed by atoms with Crippen LogP contribution in [0.1, 0.15) is 18.2 Å². The van der Waals surface area contributed by atoms with Crippen molar-refractivity contribution in [2.45, 2.75) is 38.3 Å². The minimum Gasteiger partial charge on any atom is -0.394 e. The molecule has 174 valence electrons. The summed E-state index contributed by atoms with van der Waals surface area (Å²) in [6.07, 6.45) is 0.231. The van der Waals surface area contributed by atoms with E-state index in [2.05, 4.69) is 20.6 Å². The van der Waals surface area contributed by atoms with Gasteiger partial charge in [-0.3, -0.25) is 28.7 Å². The Morgan fingerprint density at radius 3 is 2.69 bits per heavy atom. The molecule has 3 heterocycles. The molecule has 0 radical (unpaired) electrons. The molecular weight excluding hydrogens is 444 g/mol. The Morgan fingerprint density at radius 1 is 1.25 bits per heavy atom. The summed E-state index contributed by atoms with van der Waals surface area (Å²) >= 11 is 4.97. The van der Waals surface area contributed by atoms with Gasteiger partial charge in [-0.25, -0.2) is 9.59 Å². The first-order valence-corrected chi connectivity index (χ1v) is 10.2. The van der Waals surface area contributed by atoms with E-state index in [-0.39, 0.29) is 31.7 Å². The van der Waals surface area contributed by atoms with E-state index >= 15 is 0 Å². The molecule has 0 saturated carbocycles. The monoisotopic (exact) mass is 468 g/mol. The lowest BCUT2D eigenvalue weighted by atomic mass is 10.2. The van der Waals surface area contributed by atoms with E-state index in [0.29, 0.717) is 10.2 Å². The third-order valence-corrected chi connectivity index (χ3v) is 5.35. The predicted molar refractivity (Wildman–Crippen MR) is 115 cm³/mol. The largest absolute Gasteiger partial charge is 0.394 e. The summed E-state index contributed by atoms with van der Waals surface area (Å²) in [6, 6.07) is 0. The number of nitrogens with zero attached hydrogens (tertiary/aromatic N) is 2. The molecule has 1 fully saturated rings. The number of carbonyl (C=O) groups excluding carboxylic acids is 1. The molecule has 1 saturated heterocycles. The van der Waals surface area contributed by atoms with E-state index in [1.165, 1.54) is 17.0 Å². The third kappa shape index (κ3) is 5.40. The Bertz CT molecular complexity index is 1220. The minimum atomic E-state index is -0.938. The van der Waals surface area contributed by atoms with Crippen LogP contribution in [0.2, 0.25) is 0 Å². The van der Waals surface area contributed by atoms with Crippen molar-refractivity contribution in [2.24, 2.45) is 0 Å². The molecule has 0 aromatic carbocycles. The first-order valence-electron chi connectivity index (χ1n) is 9.80. The highest BCUT2D eigenvalue weighted by Crippen LogP contribution is 2.27. The fourth-order valence-electron chi connectivity index (χ4n) is 3.22. The molecule has 6 N–H and O–H groups in total. The van der Waals surface area contributed by atoms with Crippen LogP contribution in [0.5, 0.6) is 0 Å². The van der Waals surface area contributed by atoms with Crippen molar-refractivity contribution in [3.63, 3.8) is 0 Å². The van der Waals surface area contributed by atoms with Crippen molar-refractivity contribution < 1.29 is 19.7 Å². The number of rotatable bonds is 8. The first-order chi connectivity index (χ1) is 15.2. The van der Waals surface area contributed by atoms with Crippen LogP contribution < -0.4 is 27.6 Å². The van der Waals surface area contributed by atoms with E-state index in [1.54, 1.807) is 6.92 Å². The van der Waals surface area contributed by atoms with Gasteiger partial charge in [0.25, 0.3) is 5.56 Å². The highest BCUT2D eigenvalue weighted by Gasteiger charge is 2.35. The smallest absolute Gasteiger partial charge is 0.330 e. The van der Waals surface area contributed by atoms with Crippen LogP contribution in [0.15, 0.2) is 26.8 Å². The number of H-pyrrole nitrogens is 2. The number of aromatic nitrogens is 4. The normalized spacial score (nSPS) is 20.3. The quantitative estimate of drug-likeness (QED) is 0.187. The zero-order chi connectivity index (χ0) is 23.4. The zero-order valence-corrected chi connectivity index (χ0v) is 18.0. The molecule has 0 bridgehead atoms. The fraction of sp³-hybridized carbons (Fsp3) is 0.500. The second-order valence-corrected chi connectivity index (χ2v) is 7.71. The van der Waals surface area contributed by atoms with Gasteiger partial charge < -0.3 is 25.6 Å². The molecule has 0 aliphatic carbocycles. The Kier molecular flexibility index (Phi) is 7.40. The first kappa shape index (κ1) is 23.6. The van der Waals surface area contributed by atoms with Crippen LogP contribution in [0, 0.1) is 11.6 Å². The van der Waals surface area contributed by atoms with Crippen LogP contribution in [0.25, 0.3) is 0 Å². The van der Waals surface area contributed by atoms with Gasteiger partial charge in [0.15, 0.2) is 0 Å². The Morgan fingerprint density at radius 2 is 2.00 bits per heavy atom. The Labute approximate surface area is 185 Å². The second kappa shape index (κ2) is 10.0. The Balaban J connectivity index is 1.57. The molecule has 3 rings (SSSR count). The number of carbonyl (C=O) groups is 1. The van der Waals surface area contributed by atoms with Crippen molar-refractivity contribution in [1.29, 1.82) is 0 Å². The van der Waals surface area contributed by atoms with E-state index in [1.807, 2.05) is 0 Å². The predicted octanol–water partition coefficient (Wildman–Crippen LogP) is -2.07. The molecule has 0 spiro atoms. The number of hydrogen-bond acceptors (Lipinski definition) is 9.